The van der Waals surface area contributed by atoms with Gasteiger partial charge in [-0.2, -0.15) is 0 Å². The second-order valence-electron chi connectivity index (χ2n) is 8.65. The number of rotatable bonds is 9. The topological polar surface area (TPSA) is 63.3 Å². The summed E-state index contributed by atoms with van der Waals surface area (Å²) in [5, 5.41) is 3.66. The smallest absolute Gasteiger partial charge is 0.321 e. The predicted octanol–water partition coefficient (Wildman–Crippen LogP) is 5.46. The van der Waals surface area contributed by atoms with Crippen molar-refractivity contribution in [2.45, 2.75) is 12.7 Å². The molecule has 1 saturated heterocycles. The third-order valence-corrected chi connectivity index (χ3v) is 6.50. The third-order valence-electron chi connectivity index (χ3n) is 6.25. The van der Waals surface area contributed by atoms with Crippen LogP contribution in [0.15, 0.2) is 72.8 Å². The van der Waals surface area contributed by atoms with Crippen LogP contribution in [-0.2, 0) is 11.3 Å². The molecular formula is C28H32ClN3O4. The van der Waals surface area contributed by atoms with Gasteiger partial charge >= 0.3 is 6.03 Å². The number of urea groups is 1. The molecule has 190 valence electrons. The summed E-state index contributed by atoms with van der Waals surface area (Å²) in [4.78, 5) is 16.9. The first-order chi connectivity index (χ1) is 17.5. The number of amides is 2. The van der Waals surface area contributed by atoms with Gasteiger partial charge in [-0.15, -0.1) is 0 Å². The first-order valence-electron chi connectivity index (χ1n) is 12.0. The van der Waals surface area contributed by atoms with Crippen LogP contribution in [0.3, 0.4) is 0 Å². The predicted molar refractivity (Wildman–Crippen MR) is 142 cm³/mol. The van der Waals surface area contributed by atoms with Gasteiger partial charge in [-0.25, -0.2) is 4.79 Å². The molecule has 0 radical (unpaired) electrons. The van der Waals surface area contributed by atoms with E-state index in [1.807, 2.05) is 77.7 Å². The van der Waals surface area contributed by atoms with E-state index in [1.165, 1.54) is 0 Å². The highest BCUT2D eigenvalue weighted by molar-refractivity contribution is 6.30. The van der Waals surface area contributed by atoms with Gasteiger partial charge in [0.1, 0.15) is 11.5 Å². The number of hydrogen-bond acceptors (Lipinski definition) is 5. The van der Waals surface area contributed by atoms with Crippen molar-refractivity contribution in [2.24, 2.45) is 0 Å². The Hall–Kier alpha value is -3.26. The van der Waals surface area contributed by atoms with Crippen LogP contribution in [0.1, 0.15) is 17.2 Å². The number of carbonyl (C=O) groups is 1. The summed E-state index contributed by atoms with van der Waals surface area (Å²) in [6.45, 7) is 4.01. The van der Waals surface area contributed by atoms with Gasteiger partial charge in [0.15, 0.2) is 0 Å². The highest BCUT2D eigenvalue weighted by Crippen LogP contribution is 2.24. The molecule has 0 aliphatic carbocycles. The lowest BCUT2D eigenvalue weighted by molar-refractivity contribution is 0.00588. The zero-order chi connectivity index (χ0) is 25.3. The molecule has 1 aliphatic rings. The maximum Gasteiger partial charge on any atom is 0.321 e. The van der Waals surface area contributed by atoms with Crippen LogP contribution < -0.4 is 14.8 Å². The Balaban J connectivity index is 1.34. The number of nitrogens with one attached hydrogen (secondary N) is 1. The minimum absolute atomic E-state index is 0.0941. The summed E-state index contributed by atoms with van der Waals surface area (Å²) in [7, 11) is 3.28. The Morgan fingerprint density at radius 1 is 0.917 bits per heavy atom. The van der Waals surface area contributed by atoms with Gasteiger partial charge in [0.2, 0.25) is 0 Å². The molecule has 4 rings (SSSR count). The first kappa shape index (κ1) is 25.8. The van der Waals surface area contributed by atoms with Crippen molar-refractivity contribution in [1.29, 1.82) is 0 Å². The lowest BCUT2D eigenvalue weighted by Crippen LogP contribution is -2.50. The van der Waals surface area contributed by atoms with E-state index < -0.39 is 0 Å². The summed E-state index contributed by atoms with van der Waals surface area (Å²) in [5.74, 6) is 1.56. The zero-order valence-electron chi connectivity index (χ0n) is 20.7. The normalized spacial score (nSPS) is 14.8. The highest BCUT2D eigenvalue weighted by Gasteiger charge is 2.24. The summed E-state index contributed by atoms with van der Waals surface area (Å²) >= 11 is 6.12. The van der Waals surface area contributed by atoms with Gasteiger partial charge in [0, 0.05) is 43.4 Å². The quantitative estimate of drug-likeness (QED) is 0.414. The number of carbonyl (C=O) groups excluding carboxylic acids is 1. The van der Waals surface area contributed by atoms with Crippen LogP contribution >= 0.6 is 11.6 Å². The highest BCUT2D eigenvalue weighted by atomic mass is 35.5. The molecule has 0 spiro atoms. The molecule has 1 heterocycles. The van der Waals surface area contributed by atoms with Crippen molar-refractivity contribution in [2.75, 3.05) is 52.3 Å². The first-order valence-corrected chi connectivity index (χ1v) is 12.3. The van der Waals surface area contributed by atoms with Gasteiger partial charge < -0.3 is 24.4 Å². The van der Waals surface area contributed by atoms with Crippen molar-refractivity contribution < 1.29 is 19.0 Å². The average Bonchev–Trinajstić information content (AvgIpc) is 2.92. The minimum atomic E-state index is -0.131. The fourth-order valence-corrected chi connectivity index (χ4v) is 4.26. The molecule has 1 atom stereocenters. The van der Waals surface area contributed by atoms with Crippen molar-refractivity contribution in [3.8, 4) is 11.5 Å². The lowest BCUT2D eigenvalue weighted by Gasteiger charge is -2.36. The zero-order valence-corrected chi connectivity index (χ0v) is 21.4. The van der Waals surface area contributed by atoms with Crippen LogP contribution in [0.4, 0.5) is 10.5 Å². The molecule has 0 aromatic heterocycles. The molecule has 3 aromatic rings. The van der Waals surface area contributed by atoms with E-state index in [9.17, 15) is 4.79 Å². The number of benzene rings is 3. The van der Waals surface area contributed by atoms with Gasteiger partial charge in [-0.1, -0.05) is 35.9 Å². The molecule has 2 amide bonds. The second-order valence-corrected chi connectivity index (χ2v) is 9.09. The van der Waals surface area contributed by atoms with Crippen LogP contribution in [0.5, 0.6) is 11.5 Å². The standard InChI is InChI=1S/C28H32ClN3O4/c1-34-25-12-10-24(11-13-25)30-28(33)32-16-14-31(15-17-32)19-27(22-6-8-23(29)9-7-22)36-20-21-4-3-5-26(18-21)35-2/h3-13,18,27H,14-17,19-20H2,1-2H3,(H,30,33). The fourth-order valence-electron chi connectivity index (χ4n) is 4.14. The molecule has 36 heavy (non-hydrogen) atoms. The maximum atomic E-state index is 12.7. The molecule has 8 heteroatoms. The minimum Gasteiger partial charge on any atom is -0.497 e. The Morgan fingerprint density at radius 3 is 2.28 bits per heavy atom. The van der Waals surface area contributed by atoms with Gasteiger partial charge in [0.25, 0.3) is 0 Å². The molecule has 3 aromatic carbocycles. The third kappa shape index (κ3) is 7.13. The maximum absolute atomic E-state index is 12.7. The van der Waals surface area contributed by atoms with Crippen molar-refractivity contribution in [3.05, 3.63) is 88.9 Å². The van der Waals surface area contributed by atoms with Crippen LogP contribution in [0, 0.1) is 0 Å². The number of piperazine rings is 1. The summed E-state index contributed by atoms with van der Waals surface area (Å²) in [6, 6.07) is 22.9. The number of anilines is 1. The number of hydrogen-bond donors (Lipinski definition) is 1. The Morgan fingerprint density at radius 2 is 1.61 bits per heavy atom. The molecule has 1 fully saturated rings. The van der Waals surface area contributed by atoms with E-state index in [1.54, 1.807) is 14.2 Å². The summed E-state index contributed by atoms with van der Waals surface area (Å²) in [5.41, 5.74) is 2.87. The molecule has 0 bridgehead atoms. The number of ether oxygens (including phenoxy) is 3. The van der Waals surface area contributed by atoms with Crippen molar-refractivity contribution in [1.82, 2.24) is 9.80 Å². The largest absolute Gasteiger partial charge is 0.497 e. The second kappa shape index (κ2) is 12.6. The molecular weight excluding hydrogens is 478 g/mol. The van der Waals surface area contributed by atoms with Crippen molar-refractivity contribution >= 4 is 23.3 Å². The molecule has 1 N–H and O–H groups in total. The Bertz CT molecular complexity index is 1120. The number of halogens is 1. The Kier molecular flexibility index (Phi) is 9.06. The average molecular weight is 510 g/mol. The molecule has 1 aliphatic heterocycles. The van der Waals surface area contributed by atoms with Crippen molar-refractivity contribution in [3.63, 3.8) is 0 Å². The van der Waals surface area contributed by atoms with Crippen LogP contribution in [0.2, 0.25) is 5.02 Å². The van der Waals surface area contributed by atoms with E-state index in [0.717, 1.165) is 47.9 Å². The van der Waals surface area contributed by atoms with E-state index >= 15 is 0 Å². The van der Waals surface area contributed by atoms with E-state index in [2.05, 4.69) is 10.2 Å². The molecule has 0 saturated carbocycles. The fraction of sp³-hybridized carbons (Fsp3) is 0.321. The Labute approximate surface area is 217 Å². The van der Waals surface area contributed by atoms with Gasteiger partial charge in [-0.05, 0) is 59.7 Å². The lowest BCUT2D eigenvalue weighted by atomic mass is 10.1. The van der Waals surface area contributed by atoms with E-state index in [0.29, 0.717) is 24.7 Å². The number of methoxy groups -OCH3 is 2. The summed E-state index contributed by atoms with van der Waals surface area (Å²) in [6.07, 6.45) is -0.131. The van der Waals surface area contributed by atoms with Crippen LogP contribution in [-0.4, -0.2) is 62.8 Å². The van der Waals surface area contributed by atoms with E-state index in [4.69, 9.17) is 25.8 Å². The molecule has 7 nitrogen and oxygen atoms in total. The monoisotopic (exact) mass is 509 g/mol. The molecule has 1 unspecified atom stereocenters. The number of nitrogens with zero attached hydrogens (tertiary/aromatic N) is 2. The van der Waals surface area contributed by atoms with Gasteiger partial charge in [0.05, 0.1) is 26.9 Å². The SMILES string of the molecule is COc1ccc(NC(=O)N2CCN(CC(OCc3cccc(OC)c3)c3ccc(Cl)cc3)CC2)cc1. The van der Waals surface area contributed by atoms with Gasteiger partial charge in [-0.3, -0.25) is 4.90 Å². The van der Waals surface area contributed by atoms with E-state index in [-0.39, 0.29) is 12.1 Å². The summed E-state index contributed by atoms with van der Waals surface area (Å²) < 4.78 is 16.9. The van der Waals surface area contributed by atoms with Crippen LogP contribution in [0.25, 0.3) is 0 Å².